The van der Waals surface area contributed by atoms with Gasteiger partial charge in [0.05, 0.1) is 11.8 Å². The molecule has 1 aliphatic carbocycles. The van der Waals surface area contributed by atoms with Crippen molar-refractivity contribution in [2.24, 2.45) is 11.3 Å². The van der Waals surface area contributed by atoms with Gasteiger partial charge in [-0.15, -0.1) is 12.4 Å². The highest BCUT2D eigenvalue weighted by molar-refractivity contribution is 5.85. The highest BCUT2D eigenvalue weighted by atomic mass is 35.5. The van der Waals surface area contributed by atoms with Crippen LogP contribution in [0.3, 0.4) is 0 Å². The third-order valence-corrected chi connectivity index (χ3v) is 5.48. The second-order valence-corrected chi connectivity index (χ2v) is 7.14. The van der Waals surface area contributed by atoms with Crippen LogP contribution in [-0.2, 0) is 16.0 Å². The predicted molar refractivity (Wildman–Crippen MR) is 101 cm³/mol. The van der Waals surface area contributed by atoms with Crippen molar-refractivity contribution < 1.29 is 14.0 Å². The molecular weight excluding hydrogens is 357 g/mol. The van der Waals surface area contributed by atoms with Gasteiger partial charge in [0.15, 0.2) is 0 Å². The minimum absolute atomic E-state index is 0. The van der Waals surface area contributed by atoms with Crippen LogP contribution in [0.25, 0.3) is 0 Å². The number of benzene rings is 1. The summed E-state index contributed by atoms with van der Waals surface area (Å²) in [5, 5.41) is 9.13. The number of carbonyl (C=O) groups is 2. The van der Waals surface area contributed by atoms with Crippen molar-refractivity contribution in [2.45, 2.75) is 32.1 Å². The molecule has 1 saturated carbocycles. The molecule has 3 N–H and O–H groups in total. The van der Waals surface area contributed by atoms with Gasteiger partial charge < -0.3 is 16.0 Å². The van der Waals surface area contributed by atoms with Crippen LogP contribution < -0.4 is 16.0 Å². The predicted octanol–water partition coefficient (Wildman–Crippen LogP) is 1.80. The van der Waals surface area contributed by atoms with Crippen molar-refractivity contribution in [3.63, 3.8) is 0 Å². The third-order valence-electron chi connectivity index (χ3n) is 5.48. The van der Waals surface area contributed by atoms with Crippen molar-refractivity contribution >= 4 is 24.2 Å². The molecule has 0 unspecified atom stereocenters. The maximum absolute atomic E-state index is 13.1. The van der Waals surface area contributed by atoms with E-state index in [4.69, 9.17) is 0 Å². The van der Waals surface area contributed by atoms with Gasteiger partial charge in [0.2, 0.25) is 11.8 Å². The van der Waals surface area contributed by atoms with Gasteiger partial charge >= 0.3 is 0 Å². The van der Waals surface area contributed by atoms with Gasteiger partial charge in [-0.1, -0.05) is 25.0 Å². The molecule has 2 fully saturated rings. The van der Waals surface area contributed by atoms with E-state index >= 15 is 0 Å². The van der Waals surface area contributed by atoms with Crippen molar-refractivity contribution in [3.8, 4) is 0 Å². The number of hydrogen-bond donors (Lipinski definition) is 3. The largest absolute Gasteiger partial charge is 0.354 e. The molecule has 2 amide bonds. The molecule has 0 radical (unpaired) electrons. The van der Waals surface area contributed by atoms with Gasteiger partial charge in [0.25, 0.3) is 0 Å². The number of carbonyl (C=O) groups excluding carboxylic acids is 2. The van der Waals surface area contributed by atoms with Crippen LogP contribution in [-0.4, -0.2) is 38.0 Å². The van der Waals surface area contributed by atoms with E-state index in [1.54, 1.807) is 12.1 Å². The Hall–Kier alpha value is -1.66. The number of hydrogen-bond acceptors (Lipinski definition) is 3. The monoisotopic (exact) mass is 383 g/mol. The fourth-order valence-corrected chi connectivity index (χ4v) is 4.14. The van der Waals surface area contributed by atoms with Crippen molar-refractivity contribution in [1.29, 1.82) is 0 Å². The zero-order chi connectivity index (χ0) is 17.7. The molecule has 144 valence electrons. The molecule has 2 aliphatic rings. The normalized spacial score (nSPS) is 24.3. The summed E-state index contributed by atoms with van der Waals surface area (Å²) in [6, 6.07) is 6.02. The lowest BCUT2D eigenvalue weighted by Gasteiger charge is -2.37. The molecule has 26 heavy (non-hydrogen) atoms. The summed E-state index contributed by atoms with van der Waals surface area (Å²) < 4.78 is 13.1. The van der Waals surface area contributed by atoms with Crippen LogP contribution in [0.5, 0.6) is 0 Å². The summed E-state index contributed by atoms with van der Waals surface area (Å²) in [7, 11) is 0. The summed E-state index contributed by atoms with van der Waals surface area (Å²) >= 11 is 0. The SMILES string of the molecule is Cl.O=C(Cc1cccc(F)c1)NCCNC(=O)[C@@]12CCCC[C@H]1CNC2. The number of halogens is 2. The van der Waals surface area contributed by atoms with Crippen molar-refractivity contribution in [3.05, 3.63) is 35.6 Å². The van der Waals surface area contributed by atoms with E-state index in [0.29, 0.717) is 24.6 Å². The highest BCUT2D eigenvalue weighted by Crippen LogP contribution is 2.43. The molecule has 1 aromatic rings. The first-order valence-corrected chi connectivity index (χ1v) is 9.10. The Bertz CT molecular complexity index is 643. The Morgan fingerprint density at radius 1 is 1.23 bits per heavy atom. The second kappa shape index (κ2) is 9.33. The number of nitrogens with one attached hydrogen (secondary N) is 3. The van der Waals surface area contributed by atoms with Crippen LogP contribution in [0.4, 0.5) is 4.39 Å². The molecule has 1 aliphatic heterocycles. The average molecular weight is 384 g/mol. The highest BCUT2D eigenvalue weighted by Gasteiger charge is 2.49. The fraction of sp³-hybridized carbons (Fsp3) is 0.579. The average Bonchev–Trinajstić information content (AvgIpc) is 3.04. The molecule has 1 heterocycles. The molecule has 3 rings (SSSR count). The van der Waals surface area contributed by atoms with Crippen LogP contribution in [0.1, 0.15) is 31.2 Å². The van der Waals surface area contributed by atoms with Crippen LogP contribution in [0.2, 0.25) is 0 Å². The molecule has 7 heteroatoms. The number of rotatable bonds is 6. The van der Waals surface area contributed by atoms with Crippen LogP contribution >= 0.6 is 12.4 Å². The lowest BCUT2D eigenvalue weighted by Crippen LogP contribution is -2.49. The fourth-order valence-electron chi connectivity index (χ4n) is 4.14. The van der Waals surface area contributed by atoms with E-state index in [9.17, 15) is 14.0 Å². The number of fused-ring (bicyclic) bond motifs is 1. The summed E-state index contributed by atoms with van der Waals surface area (Å²) in [5.74, 6) is 0.0329. The zero-order valence-corrected chi connectivity index (χ0v) is 15.7. The standard InChI is InChI=1S/C19H26FN3O2.ClH/c20-16-6-3-4-14(10-16)11-17(24)22-8-9-23-18(25)19-7-2-1-5-15(19)12-21-13-19;/h3-4,6,10,15,21H,1-2,5,7-9,11-13H2,(H,22,24)(H,23,25);1H/t15-,19+;/m0./s1. The van der Waals surface area contributed by atoms with Gasteiger partial charge in [-0.3, -0.25) is 9.59 Å². The lowest BCUT2D eigenvalue weighted by atomic mass is 9.67. The van der Waals surface area contributed by atoms with Crippen LogP contribution in [0.15, 0.2) is 24.3 Å². The summed E-state index contributed by atoms with van der Waals surface area (Å²) in [6.45, 7) is 2.49. The van der Waals surface area contributed by atoms with Gasteiger partial charge in [-0.2, -0.15) is 0 Å². The van der Waals surface area contributed by atoms with Gasteiger partial charge in [0.1, 0.15) is 5.82 Å². The quantitative estimate of drug-likeness (QED) is 0.656. The minimum Gasteiger partial charge on any atom is -0.354 e. The first-order valence-electron chi connectivity index (χ1n) is 9.10. The number of amides is 2. The van der Waals surface area contributed by atoms with E-state index in [1.807, 2.05) is 0 Å². The Balaban J connectivity index is 0.00000243. The minimum atomic E-state index is -0.343. The third kappa shape index (κ3) is 4.74. The Labute approximate surface area is 159 Å². The first-order chi connectivity index (χ1) is 12.1. The lowest BCUT2D eigenvalue weighted by molar-refractivity contribution is -0.134. The Morgan fingerprint density at radius 3 is 2.85 bits per heavy atom. The molecule has 5 nitrogen and oxygen atoms in total. The molecule has 1 aromatic carbocycles. The maximum atomic E-state index is 13.1. The second-order valence-electron chi connectivity index (χ2n) is 7.14. The Morgan fingerprint density at radius 2 is 2.04 bits per heavy atom. The topological polar surface area (TPSA) is 70.2 Å². The van der Waals surface area contributed by atoms with Gasteiger partial charge in [-0.05, 0) is 43.0 Å². The molecule has 0 bridgehead atoms. The first kappa shape index (κ1) is 20.6. The van der Waals surface area contributed by atoms with E-state index < -0.39 is 0 Å². The van der Waals surface area contributed by atoms with Gasteiger partial charge in [0, 0.05) is 19.6 Å². The van der Waals surface area contributed by atoms with Crippen LogP contribution in [0, 0.1) is 17.2 Å². The maximum Gasteiger partial charge on any atom is 0.227 e. The van der Waals surface area contributed by atoms with E-state index in [0.717, 1.165) is 32.4 Å². The molecule has 0 aromatic heterocycles. The molecular formula is C19H27ClFN3O2. The van der Waals surface area contributed by atoms with E-state index in [-0.39, 0.29) is 41.9 Å². The van der Waals surface area contributed by atoms with Crippen molar-refractivity contribution in [2.75, 3.05) is 26.2 Å². The van der Waals surface area contributed by atoms with Crippen molar-refractivity contribution in [1.82, 2.24) is 16.0 Å². The Kier molecular flexibility index (Phi) is 7.41. The van der Waals surface area contributed by atoms with E-state index in [2.05, 4.69) is 16.0 Å². The van der Waals surface area contributed by atoms with E-state index in [1.165, 1.54) is 18.6 Å². The molecule has 1 saturated heterocycles. The molecule has 2 atom stereocenters. The van der Waals surface area contributed by atoms with Gasteiger partial charge in [-0.25, -0.2) is 4.39 Å². The molecule has 0 spiro atoms. The summed E-state index contributed by atoms with van der Waals surface area (Å²) in [6.07, 6.45) is 4.52. The zero-order valence-electron chi connectivity index (χ0n) is 14.9. The smallest absolute Gasteiger partial charge is 0.227 e. The summed E-state index contributed by atoms with van der Waals surface area (Å²) in [5.41, 5.74) is 0.381. The summed E-state index contributed by atoms with van der Waals surface area (Å²) in [4.78, 5) is 24.6.